The molecule has 0 saturated carbocycles. The summed E-state index contributed by atoms with van der Waals surface area (Å²) >= 11 is 1.80. The van der Waals surface area contributed by atoms with E-state index in [1.165, 1.54) is 10.4 Å². The van der Waals surface area contributed by atoms with E-state index in [0.29, 0.717) is 0 Å². The van der Waals surface area contributed by atoms with Crippen molar-refractivity contribution in [2.45, 2.75) is 12.8 Å². The van der Waals surface area contributed by atoms with Crippen LogP contribution < -0.4 is 0 Å². The minimum Gasteiger partial charge on any atom is -0.148 e. The van der Waals surface area contributed by atoms with Crippen molar-refractivity contribution in [3.05, 3.63) is 47.2 Å². The van der Waals surface area contributed by atoms with Gasteiger partial charge in [0.25, 0.3) is 0 Å². The molecule has 0 aromatic carbocycles. The van der Waals surface area contributed by atoms with E-state index < -0.39 is 0 Å². The Bertz CT molecular complexity index is 221. The minimum absolute atomic E-state index is 0.980. The van der Waals surface area contributed by atoms with E-state index in [0.717, 1.165) is 12.8 Å². The highest BCUT2D eigenvalue weighted by molar-refractivity contribution is 7.10. The fraction of sp³-hybridized carbons (Fsp3) is 0.200. The molecule has 0 N–H and O–H groups in total. The zero-order chi connectivity index (χ0) is 8.10. The molecule has 0 nitrogen and oxygen atoms in total. The third-order valence-electron chi connectivity index (χ3n) is 1.43. The number of rotatable bonds is 4. The number of hydrogen-bond acceptors (Lipinski definition) is 1. The Morgan fingerprint density at radius 3 is 2.64 bits per heavy atom. The van der Waals surface area contributed by atoms with Crippen LogP contribution in [0.25, 0.3) is 0 Å². The van der Waals surface area contributed by atoms with Gasteiger partial charge in [0.05, 0.1) is 0 Å². The maximum atomic E-state index is 3.70. The van der Waals surface area contributed by atoms with E-state index in [1.54, 1.807) is 11.3 Å². The van der Waals surface area contributed by atoms with Crippen molar-refractivity contribution in [1.82, 2.24) is 0 Å². The van der Waals surface area contributed by atoms with Crippen LogP contribution in [0.4, 0.5) is 0 Å². The van der Waals surface area contributed by atoms with Crippen molar-refractivity contribution in [2.75, 3.05) is 0 Å². The number of thiophene rings is 1. The Kier molecular flexibility index (Phi) is 3.12. The Hall–Kier alpha value is -0.820. The summed E-state index contributed by atoms with van der Waals surface area (Å²) in [6.45, 7) is 7.39. The lowest BCUT2D eigenvalue weighted by Crippen LogP contribution is -1.74. The first-order valence-corrected chi connectivity index (χ1v) is 4.53. The second kappa shape index (κ2) is 4.14. The summed E-state index contributed by atoms with van der Waals surface area (Å²) in [6.07, 6.45) is 5.83. The van der Waals surface area contributed by atoms with Crippen LogP contribution in [0.15, 0.2) is 36.8 Å². The van der Waals surface area contributed by atoms with Gasteiger partial charge in [-0.1, -0.05) is 12.2 Å². The smallest absolute Gasteiger partial charge is 0.00857 e. The maximum absolute atomic E-state index is 3.70. The summed E-state index contributed by atoms with van der Waals surface area (Å²) in [5.41, 5.74) is 1.36. The normalized spacial score (nSPS) is 9.45. The van der Waals surface area contributed by atoms with Crippen LogP contribution in [0.5, 0.6) is 0 Å². The standard InChI is InChI=1S/C10H12S/c1-3-5-9-7-10(6-4-2)11-8-9/h3-4,7-8H,1-2,5-6H2. The van der Waals surface area contributed by atoms with Crippen LogP contribution in [0.3, 0.4) is 0 Å². The molecule has 0 aliphatic rings. The van der Waals surface area contributed by atoms with Gasteiger partial charge in [0, 0.05) is 4.88 Å². The van der Waals surface area contributed by atoms with Gasteiger partial charge in [-0.2, -0.15) is 0 Å². The SMILES string of the molecule is C=CCc1csc(CC=C)c1. The predicted octanol–water partition coefficient (Wildman–Crippen LogP) is 3.21. The Morgan fingerprint density at radius 2 is 2.00 bits per heavy atom. The van der Waals surface area contributed by atoms with Crippen molar-refractivity contribution in [3.8, 4) is 0 Å². The molecule has 58 valence electrons. The topological polar surface area (TPSA) is 0 Å². The molecule has 1 rings (SSSR count). The van der Waals surface area contributed by atoms with Gasteiger partial charge in [-0.3, -0.25) is 0 Å². The second-order valence-corrected chi connectivity index (χ2v) is 3.40. The quantitative estimate of drug-likeness (QED) is 0.599. The highest BCUT2D eigenvalue weighted by atomic mass is 32.1. The lowest BCUT2D eigenvalue weighted by Gasteiger charge is -1.85. The fourth-order valence-electron chi connectivity index (χ4n) is 0.949. The Morgan fingerprint density at radius 1 is 1.27 bits per heavy atom. The van der Waals surface area contributed by atoms with Gasteiger partial charge >= 0.3 is 0 Å². The Balaban J connectivity index is 2.64. The first kappa shape index (κ1) is 8.28. The lowest BCUT2D eigenvalue weighted by molar-refractivity contribution is 1.27. The van der Waals surface area contributed by atoms with Crippen LogP contribution in [-0.2, 0) is 12.8 Å². The molecule has 0 aliphatic heterocycles. The summed E-state index contributed by atoms with van der Waals surface area (Å²) in [5, 5.41) is 2.18. The lowest BCUT2D eigenvalue weighted by atomic mass is 10.2. The molecular formula is C10H12S. The van der Waals surface area contributed by atoms with Gasteiger partial charge < -0.3 is 0 Å². The zero-order valence-corrected chi connectivity index (χ0v) is 7.36. The molecule has 11 heavy (non-hydrogen) atoms. The zero-order valence-electron chi connectivity index (χ0n) is 6.55. The summed E-state index contributed by atoms with van der Waals surface area (Å²) in [7, 11) is 0. The average molecular weight is 164 g/mol. The number of allylic oxidation sites excluding steroid dienone is 2. The minimum atomic E-state index is 0.980. The van der Waals surface area contributed by atoms with Crippen LogP contribution in [0, 0.1) is 0 Å². The molecular weight excluding hydrogens is 152 g/mol. The largest absolute Gasteiger partial charge is 0.148 e. The van der Waals surface area contributed by atoms with Crippen molar-refractivity contribution in [3.63, 3.8) is 0 Å². The van der Waals surface area contributed by atoms with Crippen molar-refractivity contribution >= 4 is 11.3 Å². The van der Waals surface area contributed by atoms with Crippen LogP contribution in [0.2, 0.25) is 0 Å². The third-order valence-corrected chi connectivity index (χ3v) is 2.44. The molecule has 0 aliphatic carbocycles. The Labute approximate surface area is 71.9 Å². The van der Waals surface area contributed by atoms with Gasteiger partial charge in [0.2, 0.25) is 0 Å². The van der Waals surface area contributed by atoms with Gasteiger partial charge in [-0.15, -0.1) is 24.5 Å². The average Bonchev–Trinajstić information content (AvgIpc) is 2.38. The summed E-state index contributed by atoms with van der Waals surface area (Å²) < 4.78 is 0. The van der Waals surface area contributed by atoms with E-state index in [2.05, 4.69) is 24.6 Å². The molecule has 1 heterocycles. The monoisotopic (exact) mass is 164 g/mol. The number of hydrogen-bond donors (Lipinski definition) is 0. The summed E-state index contributed by atoms with van der Waals surface area (Å²) in [4.78, 5) is 1.39. The van der Waals surface area contributed by atoms with Crippen LogP contribution in [-0.4, -0.2) is 0 Å². The fourth-order valence-corrected chi connectivity index (χ4v) is 1.85. The molecule has 1 aromatic heterocycles. The van der Waals surface area contributed by atoms with E-state index in [4.69, 9.17) is 0 Å². The third kappa shape index (κ3) is 2.35. The first-order valence-electron chi connectivity index (χ1n) is 3.65. The first-order chi connectivity index (χ1) is 5.36. The van der Waals surface area contributed by atoms with Gasteiger partial charge in [0.15, 0.2) is 0 Å². The molecule has 0 amide bonds. The predicted molar refractivity (Wildman–Crippen MR) is 52.1 cm³/mol. The highest BCUT2D eigenvalue weighted by Crippen LogP contribution is 2.15. The van der Waals surface area contributed by atoms with Gasteiger partial charge in [-0.05, 0) is 29.9 Å². The molecule has 0 saturated heterocycles. The van der Waals surface area contributed by atoms with Crippen molar-refractivity contribution < 1.29 is 0 Å². The van der Waals surface area contributed by atoms with Crippen LogP contribution >= 0.6 is 11.3 Å². The van der Waals surface area contributed by atoms with Crippen LogP contribution in [0.1, 0.15) is 10.4 Å². The summed E-state index contributed by atoms with van der Waals surface area (Å²) in [5.74, 6) is 0. The highest BCUT2D eigenvalue weighted by Gasteiger charge is 1.95. The maximum Gasteiger partial charge on any atom is 0.00857 e. The van der Waals surface area contributed by atoms with E-state index in [9.17, 15) is 0 Å². The molecule has 0 spiro atoms. The van der Waals surface area contributed by atoms with E-state index in [1.807, 2.05) is 12.2 Å². The molecule has 0 fully saturated rings. The second-order valence-electron chi connectivity index (χ2n) is 2.41. The van der Waals surface area contributed by atoms with Gasteiger partial charge in [-0.25, -0.2) is 0 Å². The van der Waals surface area contributed by atoms with Crippen molar-refractivity contribution in [1.29, 1.82) is 0 Å². The van der Waals surface area contributed by atoms with Gasteiger partial charge in [0.1, 0.15) is 0 Å². The van der Waals surface area contributed by atoms with E-state index >= 15 is 0 Å². The molecule has 1 heteroatoms. The van der Waals surface area contributed by atoms with Crippen molar-refractivity contribution in [2.24, 2.45) is 0 Å². The molecule has 0 atom stereocenters. The molecule has 0 bridgehead atoms. The van der Waals surface area contributed by atoms with E-state index in [-0.39, 0.29) is 0 Å². The summed E-state index contributed by atoms with van der Waals surface area (Å²) in [6, 6.07) is 2.22. The molecule has 0 radical (unpaired) electrons. The molecule has 1 aromatic rings. The molecule has 0 unspecified atom stereocenters.